The first-order valence-electron chi connectivity index (χ1n) is 5.44. The highest BCUT2D eigenvalue weighted by Crippen LogP contribution is 2.38. The highest BCUT2D eigenvalue weighted by atomic mass is 16.4. The van der Waals surface area contributed by atoms with Gasteiger partial charge in [-0.1, -0.05) is 6.42 Å². The second kappa shape index (κ2) is 4.15. The summed E-state index contributed by atoms with van der Waals surface area (Å²) < 4.78 is 0. The van der Waals surface area contributed by atoms with Crippen molar-refractivity contribution in [3.8, 4) is 0 Å². The van der Waals surface area contributed by atoms with Crippen molar-refractivity contribution >= 4 is 11.9 Å². The Balaban J connectivity index is 2.09. The normalized spacial score (nSPS) is 27.9. The number of carbonyl (C=O) groups is 2. The van der Waals surface area contributed by atoms with Crippen LogP contribution in [0.3, 0.4) is 0 Å². The van der Waals surface area contributed by atoms with Gasteiger partial charge in [-0.2, -0.15) is 15.4 Å². The number of rotatable bonds is 3. The van der Waals surface area contributed by atoms with Gasteiger partial charge in [-0.3, -0.25) is 9.59 Å². The van der Waals surface area contributed by atoms with Crippen molar-refractivity contribution in [2.45, 2.75) is 32.2 Å². The van der Waals surface area contributed by atoms with Gasteiger partial charge in [-0.25, -0.2) is 0 Å². The molecule has 1 saturated carbocycles. The number of carboxylic acid groups (broad SMARTS) is 1. The van der Waals surface area contributed by atoms with Crippen LogP contribution in [0, 0.1) is 5.41 Å². The van der Waals surface area contributed by atoms with Crippen molar-refractivity contribution in [3.63, 3.8) is 0 Å². The maximum atomic E-state index is 11.7. The van der Waals surface area contributed by atoms with E-state index in [-0.39, 0.29) is 11.7 Å². The van der Waals surface area contributed by atoms with Gasteiger partial charge in [0.05, 0.1) is 11.6 Å². The van der Waals surface area contributed by atoms with Crippen LogP contribution in [0.25, 0.3) is 0 Å². The summed E-state index contributed by atoms with van der Waals surface area (Å²) in [5.74, 6) is -1.27. The molecule has 0 bridgehead atoms. The van der Waals surface area contributed by atoms with Crippen LogP contribution in [0.15, 0.2) is 6.20 Å². The Bertz CT molecular complexity index is 431. The number of nitrogens with one attached hydrogen (secondary N) is 2. The molecule has 1 aliphatic carbocycles. The van der Waals surface area contributed by atoms with Crippen molar-refractivity contribution in [1.82, 2.24) is 20.7 Å². The maximum Gasteiger partial charge on any atom is 0.311 e. The standard InChI is InChI=1S/C10H14N4O3/c1-10(9(16)17)4-2-3-7(10)12-8(15)6-5-11-14-13-6/h5,7H,2-4H2,1H3,(H,12,15)(H,16,17)(H,11,13,14). The zero-order valence-corrected chi connectivity index (χ0v) is 9.43. The lowest BCUT2D eigenvalue weighted by atomic mass is 9.85. The van der Waals surface area contributed by atoms with Crippen LogP contribution in [0.1, 0.15) is 36.7 Å². The van der Waals surface area contributed by atoms with Crippen LogP contribution in [0.4, 0.5) is 0 Å². The van der Waals surface area contributed by atoms with Gasteiger partial charge in [0.1, 0.15) is 0 Å². The lowest BCUT2D eigenvalue weighted by Crippen LogP contribution is -2.47. The number of aromatic nitrogens is 3. The summed E-state index contributed by atoms with van der Waals surface area (Å²) in [4.78, 5) is 23.0. The predicted octanol–water partition coefficient (Wildman–Crippen LogP) is 0.178. The first-order valence-corrected chi connectivity index (χ1v) is 5.44. The molecule has 0 saturated heterocycles. The Hall–Kier alpha value is -1.92. The molecule has 7 heteroatoms. The van der Waals surface area contributed by atoms with Gasteiger partial charge < -0.3 is 10.4 Å². The molecule has 1 fully saturated rings. The molecule has 1 aromatic rings. The average Bonchev–Trinajstić information content (AvgIpc) is 2.89. The van der Waals surface area contributed by atoms with E-state index in [0.717, 1.165) is 6.42 Å². The third-order valence-corrected chi connectivity index (χ3v) is 3.40. The van der Waals surface area contributed by atoms with Crippen LogP contribution in [-0.2, 0) is 4.79 Å². The van der Waals surface area contributed by atoms with Crippen molar-refractivity contribution < 1.29 is 14.7 Å². The molecule has 2 atom stereocenters. The maximum absolute atomic E-state index is 11.7. The summed E-state index contributed by atoms with van der Waals surface area (Å²) in [5.41, 5.74) is -0.719. The first kappa shape index (κ1) is 11.6. The van der Waals surface area contributed by atoms with Crippen molar-refractivity contribution in [1.29, 1.82) is 0 Å². The zero-order chi connectivity index (χ0) is 12.5. The van der Waals surface area contributed by atoms with E-state index in [1.165, 1.54) is 6.20 Å². The average molecular weight is 238 g/mol. The number of aromatic amines is 1. The summed E-state index contributed by atoms with van der Waals surface area (Å²) in [7, 11) is 0. The van der Waals surface area contributed by atoms with Crippen LogP contribution >= 0.6 is 0 Å². The van der Waals surface area contributed by atoms with Crippen molar-refractivity contribution in [3.05, 3.63) is 11.9 Å². The SMILES string of the molecule is CC1(C(=O)O)CCCC1NC(=O)c1cn[nH]n1. The molecule has 1 aliphatic rings. The van der Waals surface area contributed by atoms with Gasteiger partial charge >= 0.3 is 5.97 Å². The number of aliphatic carboxylic acids is 1. The summed E-state index contributed by atoms with van der Waals surface area (Å²) in [5, 5.41) is 21.4. The van der Waals surface area contributed by atoms with Crippen molar-refractivity contribution in [2.24, 2.45) is 5.41 Å². The fraction of sp³-hybridized carbons (Fsp3) is 0.600. The minimum absolute atomic E-state index is 0.171. The highest BCUT2D eigenvalue weighted by molar-refractivity contribution is 5.92. The van der Waals surface area contributed by atoms with E-state index in [9.17, 15) is 14.7 Å². The minimum atomic E-state index is -0.889. The van der Waals surface area contributed by atoms with E-state index in [4.69, 9.17) is 0 Å². The predicted molar refractivity (Wildman–Crippen MR) is 57.2 cm³/mol. The molecular weight excluding hydrogens is 224 g/mol. The third-order valence-electron chi connectivity index (χ3n) is 3.40. The smallest absolute Gasteiger partial charge is 0.311 e. The second-order valence-electron chi connectivity index (χ2n) is 4.50. The molecule has 2 unspecified atom stereocenters. The summed E-state index contributed by atoms with van der Waals surface area (Å²) in [6.07, 6.45) is 3.35. The molecule has 7 nitrogen and oxygen atoms in total. The van der Waals surface area contributed by atoms with Gasteiger partial charge in [-0.15, -0.1) is 0 Å². The van der Waals surface area contributed by atoms with E-state index in [0.29, 0.717) is 12.8 Å². The van der Waals surface area contributed by atoms with E-state index in [2.05, 4.69) is 20.7 Å². The molecule has 92 valence electrons. The molecule has 1 amide bonds. The van der Waals surface area contributed by atoms with Gasteiger partial charge in [-0.05, 0) is 19.8 Å². The molecule has 1 heterocycles. The Labute approximate surface area is 97.6 Å². The molecule has 1 aromatic heterocycles. The number of hydrogen-bond acceptors (Lipinski definition) is 4. The largest absolute Gasteiger partial charge is 0.481 e. The van der Waals surface area contributed by atoms with Gasteiger partial charge in [0, 0.05) is 6.04 Å². The molecule has 0 radical (unpaired) electrons. The van der Waals surface area contributed by atoms with Crippen LogP contribution < -0.4 is 5.32 Å². The first-order chi connectivity index (χ1) is 8.04. The van der Waals surface area contributed by atoms with Crippen LogP contribution in [-0.4, -0.2) is 38.4 Å². The Morgan fingerprint density at radius 1 is 1.65 bits per heavy atom. The van der Waals surface area contributed by atoms with Gasteiger partial charge in [0.25, 0.3) is 5.91 Å². The van der Waals surface area contributed by atoms with Gasteiger partial charge in [0.15, 0.2) is 5.69 Å². The Morgan fingerprint density at radius 3 is 3.00 bits per heavy atom. The van der Waals surface area contributed by atoms with E-state index < -0.39 is 17.3 Å². The second-order valence-corrected chi connectivity index (χ2v) is 4.50. The summed E-state index contributed by atoms with van der Waals surface area (Å²) >= 11 is 0. The number of H-pyrrole nitrogens is 1. The fourth-order valence-corrected chi connectivity index (χ4v) is 2.20. The van der Waals surface area contributed by atoms with E-state index >= 15 is 0 Å². The van der Waals surface area contributed by atoms with E-state index in [1.54, 1.807) is 6.92 Å². The molecule has 3 N–H and O–H groups in total. The Morgan fingerprint density at radius 2 is 2.41 bits per heavy atom. The lowest BCUT2D eigenvalue weighted by molar-refractivity contribution is -0.148. The topological polar surface area (TPSA) is 108 Å². The fourth-order valence-electron chi connectivity index (χ4n) is 2.20. The number of carboxylic acids is 1. The van der Waals surface area contributed by atoms with Crippen LogP contribution in [0.5, 0.6) is 0 Å². The molecular formula is C10H14N4O3. The summed E-state index contributed by atoms with van der Waals surface area (Å²) in [6.45, 7) is 1.66. The van der Waals surface area contributed by atoms with Crippen molar-refractivity contribution in [2.75, 3.05) is 0 Å². The third kappa shape index (κ3) is 2.00. The number of amides is 1. The number of carbonyl (C=O) groups excluding carboxylic acids is 1. The lowest BCUT2D eigenvalue weighted by Gasteiger charge is -2.27. The monoisotopic (exact) mass is 238 g/mol. The van der Waals surface area contributed by atoms with E-state index in [1.807, 2.05) is 0 Å². The zero-order valence-electron chi connectivity index (χ0n) is 9.43. The minimum Gasteiger partial charge on any atom is -0.481 e. The summed E-state index contributed by atoms with van der Waals surface area (Å²) in [6, 6.07) is -0.357. The highest BCUT2D eigenvalue weighted by Gasteiger charge is 2.46. The molecule has 2 rings (SSSR count). The molecule has 0 spiro atoms. The number of nitrogens with zero attached hydrogens (tertiary/aromatic N) is 2. The Kier molecular flexibility index (Phi) is 2.83. The molecule has 0 aromatic carbocycles. The van der Waals surface area contributed by atoms with Crippen LogP contribution in [0.2, 0.25) is 0 Å². The molecule has 0 aliphatic heterocycles. The quantitative estimate of drug-likeness (QED) is 0.696. The van der Waals surface area contributed by atoms with Gasteiger partial charge in [0.2, 0.25) is 0 Å². The number of hydrogen-bond donors (Lipinski definition) is 3. The molecule has 17 heavy (non-hydrogen) atoms.